The van der Waals surface area contributed by atoms with E-state index in [9.17, 15) is 9.90 Å². The number of hydrogen-bond donors (Lipinski definition) is 2. The van der Waals surface area contributed by atoms with Crippen molar-refractivity contribution >= 4 is 39.6 Å². The van der Waals surface area contributed by atoms with Crippen molar-refractivity contribution in [3.05, 3.63) is 102 Å². The minimum atomic E-state index is -0.492. The number of nitrogens with one attached hydrogen (secondary N) is 1. The highest BCUT2D eigenvalue weighted by Gasteiger charge is 2.21. The van der Waals surface area contributed by atoms with Crippen LogP contribution in [0.15, 0.2) is 89.5 Å². The van der Waals surface area contributed by atoms with Crippen LogP contribution < -0.4 is 5.32 Å². The molecule has 2 aromatic heterocycles. The normalized spacial score (nSPS) is 11.5. The van der Waals surface area contributed by atoms with E-state index < -0.39 is 5.91 Å². The monoisotopic (exact) mass is 516 g/mol. The van der Waals surface area contributed by atoms with Crippen molar-refractivity contribution in [1.29, 1.82) is 0 Å². The number of anilines is 1. The van der Waals surface area contributed by atoms with E-state index >= 15 is 0 Å². The van der Waals surface area contributed by atoms with Crippen molar-refractivity contribution in [1.82, 2.24) is 19.7 Å². The molecule has 0 aliphatic heterocycles. The van der Waals surface area contributed by atoms with E-state index in [0.29, 0.717) is 16.5 Å². The fourth-order valence-electron chi connectivity index (χ4n) is 4.03. The van der Waals surface area contributed by atoms with Crippen LogP contribution in [0.1, 0.15) is 36.7 Å². The quantitative estimate of drug-likeness (QED) is 0.192. The molecule has 0 aliphatic rings. The van der Waals surface area contributed by atoms with E-state index in [-0.39, 0.29) is 39.9 Å². The van der Waals surface area contributed by atoms with Crippen LogP contribution in [0.25, 0.3) is 21.6 Å². The Balaban J connectivity index is 1.55. The lowest BCUT2D eigenvalue weighted by atomic mass is 9.87. The summed E-state index contributed by atoms with van der Waals surface area (Å²) in [4.78, 5) is 25.2. The van der Waals surface area contributed by atoms with Crippen LogP contribution in [-0.2, 0) is 5.41 Å². The van der Waals surface area contributed by atoms with E-state index in [2.05, 4.69) is 56.2 Å². The number of rotatable bonds is 5. The lowest BCUT2D eigenvalue weighted by Gasteiger charge is -2.19. The average molecular weight is 517 g/mol. The maximum atomic E-state index is 13.4. The van der Waals surface area contributed by atoms with Crippen molar-refractivity contribution in [2.75, 3.05) is 5.32 Å². The number of amides is 1. The number of aromatic nitrogens is 4. The summed E-state index contributed by atoms with van der Waals surface area (Å²) in [5.41, 5.74) is 1.95. The number of aromatic hydroxyl groups is 1. The van der Waals surface area contributed by atoms with E-state index in [1.807, 2.05) is 36.4 Å². The lowest BCUT2D eigenvalue weighted by molar-refractivity contribution is 0.102. The molecule has 0 bridgehead atoms. The highest BCUT2D eigenvalue weighted by atomic mass is 16.3. The third-order valence-electron chi connectivity index (χ3n) is 6.08. The van der Waals surface area contributed by atoms with Crippen molar-refractivity contribution in [3.63, 3.8) is 0 Å². The number of benzene rings is 3. The standard InChI is InChI=1S/C29H24N8O2/c1-29(2,3)19-10-12-20(13-11-19)34-27(39)24-21-9-6-5-8-18(21)16-22(25(24)38)35-36-26-23(30-4)17-33-37(26)28-31-14-7-15-32-28/h5-17,38H,1-3H3,(H,34,39)/b36-35+. The third-order valence-corrected chi connectivity index (χ3v) is 6.08. The molecule has 0 atom stereocenters. The average Bonchev–Trinajstić information content (AvgIpc) is 3.35. The number of carbonyl (C=O) groups excluding carboxylic acids is 1. The van der Waals surface area contributed by atoms with Gasteiger partial charge < -0.3 is 10.4 Å². The van der Waals surface area contributed by atoms with Crippen LogP contribution in [-0.4, -0.2) is 30.8 Å². The van der Waals surface area contributed by atoms with Crippen molar-refractivity contribution < 1.29 is 9.90 Å². The minimum Gasteiger partial charge on any atom is -0.505 e. The zero-order chi connectivity index (χ0) is 27.6. The van der Waals surface area contributed by atoms with Gasteiger partial charge in [0.25, 0.3) is 17.5 Å². The van der Waals surface area contributed by atoms with E-state index in [1.165, 1.54) is 10.9 Å². The molecule has 5 aromatic rings. The molecular weight excluding hydrogens is 492 g/mol. The van der Waals surface area contributed by atoms with Crippen molar-refractivity contribution in [2.45, 2.75) is 26.2 Å². The molecule has 0 saturated heterocycles. The Morgan fingerprint density at radius 2 is 1.74 bits per heavy atom. The van der Waals surface area contributed by atoms with Gasteiger partial charge in [0.2, 0.25) is 0 Å². The number of phenolic OH excluding ortho intramolecular Hbond substituents is 1. The Morgan fingerprint density at radius 3 is 2.44 bits per heavy atom. The highest BCUT2D eigenvalue weighted by molar-refractivity contribution is 6.16. The minimum absolute atomic E-state index is 0.0224. The van der Waals surface area contributed by atoms with Gasteiger partial charge in [-0.15, -0.1) is 10.2 Å². The Hall–Kier alpha value is -5.43. The lowest BCUT2D eigenvalue weighted by Crippen LogP contribution is -2.14. The second kappa shape index (κ2) is 10.1. The van der Waals surface area contributed by atoms with Gasteiger partial charge in [-0.1, -0.05) is 57.2 Å². The molecule has 0 unspecified atom stereocenters. The summed E-state index contributed by atoms with van der Waals surface area (Å²) in [6, 6.07) is 18.1. The van der Waals surface area contributed by atoms with Gasteiger partial charge in [0.1, 0.15) is 5.69 Å². The number of phenols is 1. The predicted octanol–water partition coefficient (Wildman–Crippen LogP) is 7.04. The molecule has 39 heavy (non-hydrogen) atoms. The molecular formula is C29H24N8O2. The molecule has 5 rings (SSSR count). The zero-order valence-electron chi connectivity index (χ0n) is 21.5. The van der Waals surface area contributed by atoms with Gasteiger partial charge in [-0.3, -0.25) is 4.79 Å². The van der Waals surface area contributed by atoms with Crippen LogP contribution in [0.3, 0.4) is 0 Å². The first-order valence-electron chi connectivity index (χ1n) is 12.1. The molecule has 10 heteroatoms. The van der Waals surface area contributed by atoms with Crippen molar-refractivity contribution in [2.24, 2.45) is 10.2 Å². The van der Waals surface area contributed by atoms with E-state index in [4.69, 9.17) is 6.57 Å². The summed E-state index contributed by atoms with van der Waals surface area (Å²) < 4.78 is 1.28. The Morgan fingerprint density at radius 1 is 1.03 bits per heavy atom. The summed E-state index contributed by atoms with van der Waals surface area (Å²) in [5.74, 6) is -0.531. The fourth-order valence-corrected chi connectivity index (χ4v) is 4.03. The number of carbonyl (C=O) groups is 1. The highest BCUT2D eigenvalue weighted by Crippen LogP contribution is 2.39. The molecule has 2 N–H and O–H groups in total. The van der Waals surface area contributed by atoms with Crippen LogP contribution in [0.5, 0.6) is 5.75 Å². The smallest absolute Gasteiger partial charge is 0.260 e. The summed E-state index contributed by atoms with van der Waals surface area (Å²) in [6.45, 7) is 13.8. The first-order valence-corrected chi connectivity index (χ1v) is 12.1. The molecule has 0 fully saturated rings. The fraction of sp³-hybridized carbons (Fsp3) is 0.138. The second-order valence-electron chi connectivity index (χ2n) is 9.75. The molecule has 0 radical (unpaired) electrons. The molecule has 1 amide bonds. The van der Waals surface area contributed by atoms with E-state index in [0.717, 1.165) is 5.56 Å². The molecule has 0 saturated carbocycles. The Kier molecular flexibility index (Phi) is 6.56. The summed E-state index contributed by atoms with van der Waals surface area (Å²) in [5, 5.41) is 27.9. The maximum Gasteiger partial charge on any atom is 0.260 e. The first kappa shape index (κ1) is 25.2. The van der Waals surface area contributed by atoms with Gasteiger partial charge in [0.05, 0.1) is 18.3 Å². The maximum absolute atomic E-state index is 13.4. The van der Waals surface area contributed by atoms with Crippen molar-refractivity contribution in [3.8, 4) is 11.7 Å². The van der Waals surface area contributed by atoms with Gasteiger partial charge in [-0.25, -0.2) is 14.8 Å². The van der Waals surface area contributed by atoms with Gasteiger partial charge in [-0.2, -0.15) is 9.78 Å². The number of nitrogens with zero attached hydrogens (tertiary/aromatic N) is 7. The van der Waals surface area contributed by atoms with Crippen LogP contribution in [0.2, 0.25) is 0 Å². The van der Waals surface area contributed by atoms with Gasteiger partial charge in [-0.05, 0) is 46.0 Å². The van der Waals surface area contributed by atoms with Crippen LogP contribution in [0.4, 0.5) is 22.9 Å². The summed E-state index contributed by atoms with van der Waals surface area (Å²) in [7, 11) is 0. The Bertz CT molecular complexity index is 1750. The molecule has 0 aliphatic carbocycles. The van der Waals surface area contributed by atoms with Gasteiger partial charge in [0.15, 0.2) is 11.6 Å². The third kappa shape index (κ3) is 5.06. The number of fused-ring (bicyclic) bond motifs is 1. The van der Waals surface area contributed by atoms with Gasteiger partial charge in [0, 0.05) is 18.1 Å². The summed E-state index contributed by atoms with van der Waals surface area (Å²) >= 11 is 0. The molecule has 192 valence electrons. The second-order valence-corrected chi connectivity index (χ2v) is 9.75. The largest absolute Gasteiger partial charge is 0.505 e. The predicted molar refractivity (Wildman–Crippen MR) is 148 cm³/mol. The molecule has 0 spiro atoms. The topological polar surface area (TPSA) is 122 Å². The van der Waals surface area contributed by atoms with Crippen LogP contribution >= 0.6 is 0 Å². The zero-order valence-corrected chi connectivity index (χ0v) is 21.5. The number of hydrogen-bond acceptors (Lipinski definition) is 7. The first-order chi connectivity index (χ1) is 18.8. The molecule has 10 nitrogen and oxygen atoms in total. The Labute approximate surface area is 224 Å². The van der Waals surface area contributed by atoms with Crippen LogP contribution in [0, 0.1) is 6.57 Å². The SMILES string of the molecule is [C-]#[N+]c1cnn(-c2ncccn2)c1/N=N/c1cc2ccccc2c(C(=O)Nc2ccc(C(C)(C)C)cc2)c1O. The number of azo groups is 1. The van der Waals surface area contributed by atoms with E-state index in [1.54, 1.807) is 36.7 Å². The summed E-state index contributed by atoms with van der Waals surface area (Å²) in [6.07, 6.45) is 4.42. The molecule has 2 heterocycles. The van der Waals surface area contributed by atoms with Gasteiger partial charge >= 0.3 is 0 Å². The molecule has 3 aromatic carbocycles.